The van der Waals surface area contributed by atoms with E-state index in [0.717, 1.165) is 5.69 Å². The number of aryl methyl sites for hydroxylation is 1. The van der Waals surface area contributed by atoms with E-state index in [4.69, 9.17) is 5.11 Å². The SMILES string of the molecule is CSCCC(NC(=O)CCc1ccccn1)C(=O)O. The van der Waals surface area contributed by atoms with E-state index >= 15 is 0 Å². The lowest BCUT2D eigenvalue weighted by Gasteiger charge is -2.13. The summed E-state index contributed by atoms with van der Waals surface area (Å²) in [4.78, 5) is 26.8. The maximum Gasteiger partial charge on any atom is 0.326 e. The van der Waals surface area contributed by atoms with Crippen LogP contribution in [0.5, 0.6) is 0 Å². The van der Waals surface area contributed by atoms with Gasteiger partial charge < -0.3 is 10.4 Å². The van der Waals surface area contributed by atoms with Crippen molar-refractivity contribution in [1.29, 1.82) is 0 Å². The number of carboxylic acids is 1. The second-order valence-electron chi connectivity index (χ2n) is 4.06. The van der Waals surface area contributed by atoms with Gasteiger partial charge in [-0.1, -0.05) is 6.07 Å². The molecule has 0 saturated heterocycles. The van der Waals surface area contributed by atoms with Crippen LogP contribution in [0.1, 0.15) is 18.5 Å². The Balaban J connectivity index is 2.38. The van der Waals surface area contributed by atoms with Crippen LogP contribution in [0.25, 0.3) is 0 Å². The first-order valence-corrected chi connectivity index (χ1v) is 7.44. The van der Waals surface area contributed by atoms with Crippen molar-refractivity contribution in [1.82, 2.24) is 10.3 Å². The van der Waals surface area contributed by atoms with Crippen molar-refractivity contribution in [2.24, 2.45) is 0 Å². The number of pyridine rings is 1. The fourth-order valence-electron chi connectivity index (χ4n) is 1.55. The first-order chi connectivity index (χ1) is 9.13. The zero-order valence-corrected chi connectivity index (χ0v) is 11.7. The summed E-state index contributed by atoms with van der Waals surface area (Å²) in [5, 5.41) is 11.5. The summed E-state index contributed by atoms with van der Waals surface area (Å²) in [5.41, 5.74) is 0.827. The van der Waals surface area contributed by atoms with Crippen molar-refractivity contribution in [3.8, 4) is 0 Å². The molecule has 0 bridgehead atoms. The summed E-state index contributed by atoms with van der Waals surface area (Å²) >= 11 is 1.56. The normalized spacial score (nSPS) is 11.8. The minimum atomic E-state index is -0.986. The first-order valence-electron chi connectivity index (χ1n) is 6.04. The molecule has 1 unspecified atom stereocenters. The molecule has 0 aliphatic carbocycles. The molecule has 0 spiro atoms. The highest BCUT2D eigenvalue weighted by molar-refractivity contribution is 7.98. The monoisotopic (exact) mass is 282 g/mol. The highest BCUT2D eigenvalue weighted by Gasteiger charge is 2.18. The van der Waals surface area contributed by atoms with Gasteiger partial charge in [-0.25, -0.2) is 4.79 Å². The lowest BCUT2D eigenvalue weighted by molar-refractivity contribution is -0.141. The van der Waals surface area contributed by atoms with Gasteiger partial charge in [0.25, 0.3) is 0 Å². The van der Waals surface area contributed by atoms with Crippen molar-refractivity contribution in [3.05, 3.63) is 30.1 Å². The van der Waals surface area contributed by atoms with Crippen LogP contribution in [0.3, 0.4) is 0 Å². The number of carboxylic acid groups (broad SMARTS) is 1. The number of aliphatic carboxylic acids is 1. The minimum Gasteiger partial charge on any atom is -0.480 e. The van der Waals surface area contributed by atoms with Gasteiger partial charge in [-0.15, -0.1) is 0 Å². The van der Waals surface area contributed by atoms with Gasteiger partial charge in [0, 0.05) is 18.3 Å². The van der Waals surface area contributed by atoms with Crippen molar-refractivity contribution >= 4 is 23.6 Å². The molecule has 0 radical (unpaired) electrons. The maximum atomic E-state index is 11.7. The van der Waals surface area contributed by atoms with Gasteiger partial charge in [0.2, 0.25) is 5.91 Å². The van der Waals surface area contributed by atoms with E-state index in [1.54, 1.807) is 18.0 Å². The average Bonchev–Trinajstić information content (AvgIpc) is 2.42. The largest absolute Gasteiger partial charge is 0.480 e. The van der Waals surface area contributed by atoms with Crippen LogP contribution >= 0.6 is 11.8 Å². The first kappa shape index (κ1) is 15.5. The fourth-order valence-corrected chi connectivity index (χ4v) is 2.02. The number of thioether (sulfide) groups is 1. The van der Waals surface area contributed by atoms with Crippen LogP contribution in [-0.4, -0.2) is 40.0 Å². The lowest BCUT2D eigenvalue weighted by atomic mass is 10.2. The third-order valence-electron chi connectivity index (χ3n) is 2.58. The van der Waals surface area contributed by atoms with Crippen molar-refractivity contribution < 1.29 is 14.7 Å². The topological polar surface area (TPSA) is 79.3 Å². The highest BCUT2D eigenvalue weighted by Crippen LogP contribution is 2.03. The molecule has 0 saturated carbocycles. The van der Waals surface area contributed by atoms with Gasteiger partial charge in [0.1, 0.15) is 6.04 Å². The number of carbonyl (C=O) groups is 2. The molecule has 104 valence electrons. The molecular weight excluding hydrogens is 264 g/mol. The van der Waals surface area contributed by atoms with E-state index in [1.165, 1.54) is 0 Å². The molecular formula is C13H18N2O3S. The van der Waals surface area contributed by atoms with Gasteiger partial charge in [-0.05, 0) is 37.0 Å². The van der Waals surface area contributed by atoms with Gasteiger partial charge in [-0.3, -0.25) is 9.78 Å². The predicted octanol–water partition coefficient (Wildman–Crippen LogP) is 1.34. The fraction of sp³-hybridized carbons (Fsp3) is 0.462. The smallest absolute Gasteiger partial charge is 0.326 e. The van der Waals surface area contributed by atoms with Gasteiger partial charge in [0.15, 0.2) is 0 Å². The summed E-state index contributed by atoms with van der Waals surface area (Å²) in [6.45, 7) is 0. The Morgan fingerprint density at radius 2 is 2.26 bits per heavy atom. The molecule has 1 amide bonds. The van der Waals surface area contributed by atoms with Crippen LogP contribution < -0.4 is 5.32 Å². The van der Waals surface area contributed by atoms with E-state index < -0.39 is 12.0 Å². The molecule has 1 aromatic rings. The molecule has 1 rings (SSSR count). The third-order valence-corrected chi connectivity index (χ3v) is 3.22. The molecule has 5 nitrogen and oxygen atoms in total. The number of amides is 1. The second kappa shape index (κ2) is 8.53. The number of carbonyl (C=O) groups excluding carboxylic acids is 1. The molecule has 1 atom stereocenters. The Morgan fingerprint density at radius 3 is 2.84 bits per heavy atom. The second-order valence-corrected chi connectivity index (χ2v) is 5.05. The quantitative estimate of drug-likeness (QED) is 0.752. The summed E-state index contributed by atoms with van der Waals surface area (Å²) in [6, 6.07) is 4.71. The Labute approximate surface area is 116 Å². The van der Waals surface area contributed by atoms with E-state index in [0.29, 0.717) is 18.6 Å². The lowest BCUT2D eigenvalue weighted by Crippen LogP contribution is -2.41. The summed E-state index contributed by atoms with van der Waals surface area (Å²) in [5.74, 6) is -0.531. The standard InChI is InChI=1S/C13H18N2O3S/c1-19-9-7-11(13(17)18)15-12(16)6-5-10-4-2-3-8-14-10/h2-4,8,11H,5-7,9H2,1H3,(H,15,16)(H,17,18). The number of aromatic nitrogens is 1. The van der Waals surface area contributed by atoms with Crippen LogP contribution in [0, 0.1) is 0 Å². The molecule has 19 heavy (non-hydrogen) atoms. The van der Waals surface area contributed by atoms with Crippen LogP contribution in [0.2, 0.25) is 0 Å². The Morgan fingerprint density at radius 1 is 1.47 bits per heavy atom. The molecule has 0 aliphatic heterocycles. The van der Waals surface area contributed by atoms with Gasteiger partial charge in [0.05, 0.1) is 0 Å². The molecule has 6 heteroatoms. The molecule has 0 aromatic carbocycles. The summed E-state index contributed by atoms with van der Waals surface area (Å²) in [7, 11) is 0. The van der Waals surface area contributed by atoms with Crippen LogP contribution in [0.15, 0.2) is 24.4 Å². The van der Waals surface area contributed by atoms with Crippen molar-refractivity contribution in [2.75, 3.05) is 12.0 Å². The van der Waals surface area contributed by atoms with Crippen molar-refractivity contribution in [3.63, 3.8) is 0 Å². The van der Waals surface area contributed by atoms with Gasteiger partial charge >= 0.3 is 5.97 Å². The number of nitrogens with zero attached hydrogens (tertiary/aromatic N) is 1. The zero-order valence-electron chi connectivity index (χ0n) is 10.8. The molecule has 0 aliphatic rings. The highest BCUT2D eigenvalue weighted by atomic mass is 32.2. The molecule has 0 fully saturated rings. The maximum absolute atomic E-state index is 11.7. The summed E-state index contributed by atoms with van der Waals surface area (Å²) in [6.07, 6.45) is 4.78. The molecule has 2 N–H and O–H groups in total. The minimum absolute atomic E-state index is 0.250. The van der Waals surface area contributed by atoms with Gasteiger partial charge in [-0.2, -0.15) is 11.8 Å². The number of nitrogens with one attached hydrogen (secondary N) is 1. The van der Waals surface area contributed by atoms with E-state index in [2.05, 4.69) is 10.3 Å². The van der Waals surface area contributed by atoms with E-state index in [9.17, 15) is 9.59 Å². The number of hydrogen-bond acceptors (Lipinski definition) is 4. The average molecular weight is 282 g/mol. The third kappa shape index (κ3) is 6.24. The number of hydrogen-bond donors (Lipinski definition) is 2. The van der Waals surface area contributed by atoms with E-state index in [-0.39, 0.29) is 12.3 Å². The van der Waals surface area contributed by atoms with Crippen LogP contribution in [0.4, 0.5) is 0 Å². The van der Waals surface area contributed by atoms with E-state index in [1.807, 2.05) is 24.5 Å². The van der Waals surface area contributed by atoms with Crippen molar-refractivity contribution in [2.45, 2.75) is 25.3 Å². The Bertz CT molecular complexity index is 412. The zero-order chi connectivity index (χ0) is 14.1. The molecule has 1 heterocycles. The Hall–Kier alpha value is -1.56. The number of rotatable bonds is 8. The van der Waals surface area contributed by atoms with Crippen LogP contribution in [-0.2, 0) is 16.0 Å². The Kier molecular flexibility index (Phi) is 6.95. The summed E-state index contributed by atoms with van der Waals surface area (Å²) < 4.78 is 0. The molecule has 1 aromatic heterocycles. The predicted molar refractivity (Wildman–Crippen MR) is 75.1 cm³/mol.